The van der Waals surface area contributed by atoms with Crippen LogP contribution in [0, 0.1) is 0 Å². The minimum Gasteiger partial charge on any atom is -0.440 e. The Morgan fingerprint density at radius 2 is 1.92 bits per heavy atom. The van der Waals surface area contributed by atoms with Crippen LogP contribution in [0.4, 0.5) is 5.69 Å². The van der Waals surface area contributed by atoms with E-state index in [0.29, 0.717) is 22.7 Å². The van der Waals surface area contributed by atoms with Crippen molar-refractivity contribution < 1.29 is 17.6 Å². The summed E-state index contributed by atoms with van der Waals surface area (Å²) in [5, 5.41) is -1.19. The third kappa shape index (κ3) is 3.69. The second kappa shape index (κ2) is 6.08. The van der Waals surface area contributed by atoms with Crippen LogP contribution in [0.2, 0.25) is 0 Å². The number of hydrogen-bond donors (Lipinski definition) is 1. The van der Waals surface area contributed by atoms with Crippen molar-refractivity contribution in [3.63, 3.8) is 0 Å². The number of oxazole rings is 1. The predicted octanol–water partition coefficient (Wildman–Crippen LogP) is 2.34. The summed E-state index contributed by atoms with van der Waals surface area (Å²) in [6.07, 6.45) is 0. The summed E-state index contributed by atoms with van der Waals surface area (Å²) in [6, 6.07) is 4.84. The van der Waals surface area contributed by atoms with E-state index in [4.69, 9.17) is 4.42 Å². The fourth-order valence-electron chi connectivity index (χ4n) is 2.06. The van der Waals surface area contributed by atoms with Gasteiger partial charge in [0.15, 0.2) is 10.8 Å². The van der Waals surface area contributed by atoms with Crippen LogP contribution in [0.15, 0.2) is 22.6 Å². The second-order valence-corrected chi connectivity index (χ2v) is 8.97. The Morgan fingerprint density at radius 1 is 1.29 bits per heavy atom. The molecule has 0 fully saturated rings. The number of sulfonamides is 1. The molecule has 1 aromatic carbocycles. The van der Waals surface area contributed by atoms with Gasteiger partial charge in [0.2, 0.25) is 21.8 Å². The van der Waals surface area contributed by atoms with Crippen molar-refractivity contribution in [3.8, 4) is 0 Å². The fraction of sp³-hybridized carbons (Fsp3) is 0.500. The van der Waals surface area contributed by atoms with Crippen LogP contribution < -0.4 is 4.72 Å². The van der Waals surface area contributed by atoms with Gasteiger partial charge in [0.1, 0.15) is 5.52 Å². The van der Waals surface area contributed by atoms with E-state index in [1.807, 2.05) is 20.8 Å². The number of rotatable bonds is 4. The van der Waals surface area contributed by atoms with E-state index in [0.717, 1.165) is 0 Å². The molecule has 0 radical (unpaired) electrons. The van der Waals surface area contributed by atoms with Crippen LogP contribution in [-0.2, 0) is 20.2 Å². The SMILES string of the molecule is CC(C(=O)N(C)C)S(=O)(=O)Nc1ccc2oc(C(C)(C)C)nc2c1. The van der Waals surface area contributed by atoms with Gasteiger partial charge in [-0.3, -0.25) is 9.52 Å². The van der Waals surface area contributed by atoms with Crippen LogP contribution in [0.3, 0.4) is 0 Å². The number of nitrogens with zero attached hydrogens (tertiary/aromatic N) is 2. The number of benzene rings is 1. The van der Waals surface area contributed by atoms with Gasteiger partial charge in [0.05, 0.1) is 5.69 Å². The molecule has 0 bridgehead atoms. The number of carbonyl (C=O) groups is 1. The number of nitrogens with one attached hydrogen (secondary N) is 1. The molecule has 1 heterocycles. The van der Waals surface area contributed by atoms with E-state index in [9.17, 15) is 13.2 Å². The zero-order chi connectivity index (χ0) is 18.3. The number of amides is 1. The van der Waals surface area contributed by atoms with Crippen LogP contribution >= 0.6 is 0 Å². The van der Waals surface area contributed by atoms with E-state index in [2.05, 4.69) is 9.71 Å². The maximum atomic E-state index is 12.3. The lowest BCUT2D eigenvalue weighted by molar-refractivity contribution is -0.127. The molecule has 1 amide bonds. The van der Waals surface area contributed by atoms with Crippen LogP contribution in [0.5, 0.6) is 0 Å². The molecule has 1 N–H and O–H groups in total. The average Bonchev–Trinajstić information content (AvgIpc) is 2.88. The summed E-state index contributed by atoms with van der Waals surface area (Å²) in [5.41, 5.74) is 1.24. The van der Waals surface area contributed by atoms with E-state index in [1.54, 1.807) is 18.2 Å². The third-order valence-corrected chi connectivity index (χ3v) is 5.20. The highest BCUT2D eigenvalue weighted by Crippen LogP contribution is 2.27. The van der Waals surface area contributed by atoms with Crippen molar-refractivity contribution in [3.05, 3.63) is 24.1 Å². The number of carbonyl (C=O) groups excluding carboxylic acids is 1. The van der Waals surface area contributed by atoms with Gasteiger partial charge < -0.3 is 9.32 Å². The number of fused-ring (bicyclic) bond motifs is 1. The monoisotopic (exact) mass is 353 g/mol. The first kappa shape index (κ1) is 18.3. The highest BCUT2D eigenvalue weighted by Gasteiger charge is 2.29. The van der Waals surface area contributed by atoms with E-state index >= 15 is 0 Å². The van der Waals surface area contributed by atoms with E-state index in [1.165, 1.54) is 25.9 Å². The number of anilines is 1. The Balaban J connectivity index is 2.31. The molecule has 2 aromatic rings. The molecule has 24 heavy (non-hydrogen) atoms. The van der Waals surface area contributed by atoms with Gasteiger partial charge in [-0.2, -0.15) is 0 Å². The van der Waals surface area contributed by atoms with Gasteiger partial charge in [0.25, 0.3) is 0 Å². The second-order valence-electron chi connectivity index (χ2n) is 6.97. The molecule has 0 aliphatic carbocycles. The third-order valence-electron chi connectivity index (χ3n) is 3.54. The quantitative estimate of drug-likeness (QED) is 0.911. The molecule has 0 aliphatic heterocycles. The van der Waals surface area contributed by atoms with Crippen molar-refractivity contribution >= 4 is 32.7 Å². The van der Waals surface area contributed by atoms with E-state index in [-0.39, 0.29) is 5.41 Å². The predicted molar refractivity (Wildman–Crippen MR) is 93.4 cm³/mol. The number of hydrogen-bond acceptors (Lipinski definition) is 5. The summed E-state index contributed by atoms with van der Waals surface area (Å²) < 4.78 is 32.8. The Hall–Kier alpha value is -2.09. The summed E-state index contributed by atoms with van der Waals surface area (Å²) >= 11 is 0. The summed E-state index contributed by atoms with van der Waals surface area (Å²) in [7, 11) is -0.812. The van der Waals surface area contributed by atoms with Crippen molar-refractivity contribution in [2.45, 2.75) is 38.4 Å². The van der Waals surface area contributed by atoms with Gasteiger partial charge in [0, 0.05) is 19.5 Å². The summed E-state index contributed by atoms with van der Waals surface area (Å²) in [4.78, 5) is 17.5. The molecule has 1 atom stereocenters. The Labute approximate surface area is 142 Å². The largest absolute Gasteiger partial charge is 0.440 e. The van der Waals surface area contributed by atoms with Gasteiger partial charge in [-0.05, 0) is 25.1 Å². The van der Waals surface area contributed by atoms with Crippen molar-refractivity contribution in [2.24, 2.45) is 0 Å². The first-order valence-electron chi connectivity index (χ1n) is 7.55. The van der Waals surface area contributed by atoms with Crippen molar-refractivity contribution in [1.29, 1.82) is 0 Å². The first-order valence-corrected chi connectivity index (χ1v) is 9.10. The zero-order valence-electron chi connectivity index (χ0n) is 14.7. The minimum atomic E-state index is -3.85. The molecule has 0 saturated carbocycles. The van der Waals surface area contributed by atoms with Gasteiger partial charge in [-0.25, -0.2) is 13.4 Å². The molecule has 2 rings (SSSR count). The molecule has 1 aromatic heterocycles. The average molecular weight is 353 g/mol. The maximum Gasteiger partial charge on any atom is 0.244 e. The van der Waals surface area contributed by atoms with Crippen molar-refractivity contribution in [1.82, 2.24) is 9.88 Å². The topological polar surface area (TPSA) is 92.5 Å². The van der Waals surface area contributed by atoms with Crippen LogP contribution in [-0.4, -0.2) is 43.6 Å². The lowest BCUT2D eigenvalue weighted by Gasteiger charge is -2.18. The molecular weight excluding hydrogens is 330 g/mol. The van der Waals surface area contributed by atoms with Crippen LogP contribution in [0.25, 0.3) is 11.1 Å². The fourth-order valence-corrected chi connectivity index (χ4v) is 3.17. The zero-order valence-corrected chi connectivity index (χ0v) is 15.6. The molecule has 1 unspecified atom stereocenters. The molecule has 0 spiro atoms. The summed E-state index contributed by atoms with van der Waals surface area (Å²) in [6.45, 7) is 7.30. The summed E-state index contributed by atoms with van der Waals surface area (Å²) in [5.74, 6) is 0.0914. The smallest absolute Gasteiger partial charge is 0.244 e. The molecule has 132 valence electrons. The van der Waals surface area contributed by atoms with Gasteiger partial charge in [-0.1, -0.05) is 20.8 Å². The highest BCUT2D eigenvalue weighted by atomic mass is 32.2. The van der Waals surface area contributed by atoms with Crippen LogP contribution in [0.1, 0.15) is 33.6 Å². The normalized spacial score (nSPS) is 13.8. The van der Waals surface area contributed by atoms with Gasteiger partial charge >= 0.3 is 0 Å². The molecular formula is C16H23N3O4S. The first-order chi connectivity index (χ1) is 10.9. The molecule has 0 aliphatic rings. The van der Waals surface area contributed by atoms with E-state index < -0.39 is 21.2 Å². The highest BCUT2D eigenvalue weighted by molar-refractivity contribution is 7.94. The van der Waals surface area contributed by atoms with Gasteiger partial charge in [-0.15, -0.1) is 0 Å². The Kier molecular flexibility index (Phi) is 4.63. The Morgan fingerprint density at radius 3 is 2.46 bits per heavy atom. The Bertz CT molecular complexity index is 863. The lowest BCUT2D eigenvalue weighted by Crippen LogP contribution is -2.39. The maximum absolute atomic E-state index is 12.3. The lowest BCUT2D eigenvalue weighted by atomic mass is 9.97. The standard InChI is InChI=1S/C16H23N3O4S/c1-10(14(20)19(5)6)24(21,22)18-11-7-8-13-12(9-11)17-15(23-13)16(2,3)4/h7-10,18H,1-6H3. The minimum absolute atomic E-state index is 0.245. The number of aromatic nitrogens is 1. The molecule has 8 heteroatoms. The molecule has 7 nitrogen and oxygen atoms in total. The molecule has 0 saturated heterocycles. The van der Waals surface area contributed by atoms with Crippen molar-refractivity contribution in [2.75, 3.05) is 18.8 Å².